The van der Waals surface area contributed by atoms with Crippen LogP contribution in [0.15, 0.2) is 12.1 Å². The molecule has 1 aromatic rings. The second-order valence-corrected chi connectivity index (χ2v) is 4.03. The molecule has 0 unspecified atom stereocenters. The van der Waals surface area contributed by atoms with Crippen molar-refractivity contribution in [1.29, 1.82) is 0 Å². The molecule has 0 aliphatic rings. The molecule has 0 saturated carbocycles. The van der Waals surface area contributed by atoms with E-state index in [2.05, 4.69) is 4.98 Å². The van der Waals surface area contributed by atoms with E-state index in [0.717, 1.165) is 6.42 Å². The molecule has 1 amide bonds. The number of aryl methyl sites for hydroxylation is 1. The maximum Gasteiger partial charge on any atom is 0.323 e. The molecule has 0 atom stereocenters. The molecule has 1 rings (SSSR count). The van der Waals surface area contributed by atoms with Gasteiger partial charge in [-0.15, -0.1) is 0 Å². The van der Waals surface area contributed by atoms with E-state index in [-0.39, 0.29) is 6.54 Å². The van der Waals surface area contributed by atoms with E-state index < -0.39 is 11.9 Å². The number of hydrogen-bond acceptors (Lipinski definition) is 4. The number of pyridine rings is 1. The van der Waals surface area contributed by atoms with Crippen molar-refractivity contribution < 1.29 is 14.7 Å². The van der Waals surface area contributed by atoms with E-state index in [0.29, 0.717) is 23.6 Å². The monoisotopic (exact) mass is 251 g/mol. The van der Waals surface area contributed by atoms with Crippen molar-refractivity contribution in [3.63, 3.8) is 0 Å². The highest BCUT2D eigenvalue weighted by Crippen LogP contribution is 2.15. The highest BCUT2D eigenvalue weighted by Gasteiger charge is 2.13. The summed E-state index contributed by atoms with van der Waals surface area (Å²) in [5, 5.41) is 8.86. The van der Waals surface area contributed by atoms with Gasteiger partial charge >= 0.3 is 5.97 Å². The number of nitrogens with two attached hydrogens (primary N) is 1. The minimum Gasteiger partial charge on any atom is -0.480 e. The standard InChI is InChI=1S/C12H17N3O3/c1-3-4-15(7-11(16)17)10-6-9(12(13)18)5-8(2)14-10/h5-6H,3-4,7H2,1-2H3,(H2,13,18)(H,16,17). The number of carbonyl (C=O) groups is 2. The number of carboxylic acid groups (broad SMARTS) is 1. The van der Waals surface area contributed by atoms with Crippen molar-refractivity contribution in [2.75, 3.05) is 18.0 Å². The van der Waals surface area contributed by atoms with Gasteiger partial charge in [-0.2, -0.15) is 0 Å². The number of hydrogen-bond donors (Lipinski definition) is 2. The lowest BCUT2D eigenvalue weighted by Gasteiger charge is -2.21. The van der Waals surface area contributed by atoms with Gasteiger partial charge < -0.3 is 15.7 Å². The predicted molar refractivity (Wildman–Crippen MR) is 67.6 cm³/mol. The molecular weight excluding hydrogens is 234 g/mol. The minimum atomic E-state index is -0.938. The molecule has 0 saturated heterocycles. The Kier molecular flexibility index (Phi) is 4.65. The number of anilines is 1. The fourth-order valence-electron chi connectivity index (χ4n) is 1.66. The molecule has 1 heterocycles. The van der Waals surface area contributed by atoms with Gasteiger partial charge in [0.1, 0.15) is 12.4 Å². The molecule has 0 aliphatic heterocycles. The van der Waals surface area contributed by atoms with Crippen molar-refractivity contribution in [1.82, 2.24) is 4.98 Å². The van der Waals surface area contributed by atoms with Crippen LogP contribution in [0.1, 0.15) is 29.4 Å². The summed E-state index contributed by atoms with van der Waals surface area (Å²) < 4.78 is 0. The zero-order valence-electron chi connectivity index (χ0n) is 10.5. The van der Waals surface area contributed by atoms with Crippen LogP contribution in [0.3, 0.4) is 0 Å². The molecule has 98 valence electrons. The molecule has 0 radical (unpaired) electrons. The SMILES string of the molecule is CCCN(CC(=O)O)c1cc(C(N)=O)cc(C)n1. The van der Waals surface area contributed by atoms with E-state index in [4.69, 9.17) is 10.8 Å². The van der Waals surface area contributed by atoms with Gasteiger partial charge in [0.15, 0.2) is 0 Å². The van der Waals surface area contributed by atoms with Gasteiger partial charge in [-0.25, -0.2) is 4.98 Å². The lowest BCUT2D eigenvalue weighted by atomic mass is 10.2. The van der Waals surface area contributed by atoms with Gasteiger partial charge in [0.05, 0.1) is 0 Å². The van der Waals surface area contributed by atoms with Crippen LogP contribution in [0.25, 0.3) is 0 Å². The fourth-order valence-corrected chi connectivity index (χ4v) is 1.66. The van der Waals surface area contributed by atoms with Crippen LogP contribution < -0.4 is 10.6 Å². The second-order valence-electron chi connectivity index (χ2n) is 4.03. The minimum absolute atomic E-state index is 0.150. The second kappa shape index (κ2) is 6.00. The number of carboxylic acids is 1. The van der Waals surface area contributed by atoms with E-state index in [1.54, 1.807) is 17.9 Å². The molecule has 18 heavy (non-hydrogen) atoms. The van der Waals surface area contributed by atoms with Crippen molar-refractivity contribution in [3.05, 3.63) is 23.4 Å². The maximum absolute atomic E-state index is 11.2. The van der Waals surface area contributed by atoms with Gasteiger partial charge in [0, 0.05) is 17.8 Å². The molecular formula is C12H17N3O3. The van der Waals surface area contributed by atoms with Crippen molar-refractivity contribution in [2.24, 2.45) is 5.73 Å². The Morgan fingerprint density at radius 2 is 2.11 bits per heavy atom. The van der Waals surface area contributed by atoms with Crippen molar-refractivity contribution >= 4 is 17.7 Å². The van der Waals surface area contributed by atoms with E-state index in [1.807, 2.05) is 6.92 Å². The van der Waals surface area contributed by atoms with Gasteiger partial charge in [-0.3, -0.25) is 9.59 Å². The normalized spacial score (nSPS) is 10.1. The number of primary amides is 1. The Balaban J connectivity index is 3.10. The van der Waals surface area contributed by atoms with Crippen LogP contribution in [0.2, 0.25) is 0 Å². The Hall–Kier alpha value is -2.11. The molecule has 6 nitrogen and oxygen atoms in total. The molecule has 6 heteroatoms. The topological polar surface area (TPSA) is 96.5 Å². The molecule has 3 N–H and O–H groups in total. The van der Waals surface area contributed by atoms with Crippen molar-refractivity contribution in [2.45, 2.75) is 20.3 Å². The van der Waals surface area contributed by atoms with Crippen LogP contribution in [0, 0.1) is 6.92 Å². The first-order chi connectivity index (χ1) is 8.43. The summed E-state index contributed by atoms with van der Waals surface area (Å²) in [6.07, 6.45) is 0.787. The third-order valence-electron chi connectivity index (χ3n) is 2.37. The van der Waals surface area contributed by atoms with Gasteiger partial charge in [0.25, 0.3) is 0 Å². The van der Waals surface area contributed by atoms with Gasteiger partial charge in [-0.05, 0) is 25.5 Å². The zero-order valence-corrected chi connectivity index (χ0v) is 10.5. The van der Waals surface area contributed by atoms with E-state index in [1.165, 1.54) is 6.07 Å². The first kappa shape index (κ1) is 14.0. The van der Waals surface area contributed by atoms with Crippen molar-refractivity contribution in [3.8, 4) is 0 Å². The first-order valence-electron chi connectivity index (χ1n) is 5.69. The lowest BCUT2D eigenvalue weighted by Crippen LogP contribution is -2.31. The third-order valence-corrected chi connectivity index (χ3v) is 2.37. The predicted octanol–water partition coefficient (Wildman–Crippen LogP) is 0.790. The Morgan fingerprint density at radius 1 is 1.44 bits per heavy atom. The van der Waals surface area contributed by atoms with Crippen LogP contribution >= 0.6 is 0 Å². The van der Waals surface area contributed by atoms with Crippen LogP contribution in [0.5, 0.6) is 0 Å². The average Bonchev–Trinajstić information content (AvgIpc) is 2.27. The van der Waals surface area contributed by atoms with E-state index in [9.17, 15) is 9.59 Å². The molecule has 0 fully saturated rings. The number of nitrogens with zero attached hydrogens (tertiary/aromatic N) is 2. The smallest absolute Gasteiger partial charge is 0.323 e. The quantitative estimate of drug-likeness (QED) is 0.779. The maximum atomic E-state index is 11.2. The Labute approximate surface area is 105 Å². The van der Waals surface area contributed by atoms with Gasteiger partial charge in [0.2, 0.25) is 5.91 Å². The summed E-state index contributed by atoms with van der Waals surface area (Å²) in [6.45, 7) is 4.09. The molecule has 1 aromatic heterocycles. The Bertz CT molecular complexity index is 460. The van der Waals surface area contributed by atoms with Gasteiger partial charge in [-0.1, -0.05) is 6.92 Å². The third kappa shape index (κ3) is 3.73. The fraction of sp³-hybridized carbons (Fsp3) is 0.417. The molecule has 0 aromatic carbocycles. The average molecular weight is 251 g/mol. The zero-order chi connectivity index (χ0) is 13.7. The number of carbonyl (C=O) groups excluding carboxylic acids is 1. The summed E-state index contributed by atoms with van der Waals surface area (Å²) in [6, 6.07) is 3.10. The summed E-state index contributed by atoms with van der Waals surface area (Å²) >= 11 is 0. The number of rotatable bonds is 6. The van der Waals surface area contributed by atoms with Crippen LogP contribution in [-0.2, 0) is 4.79 Å². The molecule has 0 bridgehead atoms. The summed E-state index contributed by atoms with van der Waals surface area (Å²) in [7, 11) is 0. The largest absolute Gasteiger partial charge is 0.480 e. The summed E-state index contributed by atoms with van der Waals surface area (Å²) in [5.74, 6) is -1.02. The number of aromatic nitrogens is 1. The number of amides is 1. The number of aliphatic carboxylic acids is 1. The van der Waals surface area contributed by atoms with Crippen LogP contribution in [0.4, 0.5) is 5.82 Å². The highest BCUT2D eigenvalue weighted by molar-refractivity contribution is 5.93. The highest BCUT2D eigenvalue weighted by atomic mass is 16.4. The summed E-state index contributed by atoms with van der Waals surface area (Å²) in [5.41, 5.74) is 6.19. The lowest BCUT2D eigenvalue weighted by molar-refractivity contribution is -0.135. The van der Waals surface area contributed by atoms with E-state index >= 15 is 0 Å². The first-order valence-corrected chi connectivity index (χ1v) is 5.69. The molecule has 0 aliphatic carbocycles. The molecule has 0 spiro atoms. The van der Waals surface area contributed by atoms with Crippen LogP contribution in [-0.4, -0.2) is 35.1 Å². The Morgan fingerprint density at radius 3 is 2.61 bits per heavy atom. The summed E-state index contributed by atoms with van der Waals surface area (Å²) in [4.78, 5) is 27.8.